The minimum atomic E-state index is 0.619. The monoisotopic (exact) mass is 313 g/mol. The number of rotatable bonds is 3. The molecule has 0 aliphatic heterocycles. The van der Waals surface area contributed by atoms with Gasteiger partial charge >= 0.3 is 0 Å². The quantitative estimate of drug-likeness (QED) is 0.667. The van der Waals surface area contributed by atoms with Crippen molar-refractivity contribution < 1.29 is 0 Å². The zero-order valence-electron chi connectivity index (χ0n) is 9.43. The molecule has 1 aromatic carbocycles. The van der Waals surface area contributed by atoms with Crippen LogP contribution in [0.15, 0.2) is 22.7 Å². The lowest BCUT2D eigenvalue weighted by atomic mass is 10.1. The molecule has 17 heavy (non-hydrogen) atoms. The second kappa shape index (κ2) is 5.21. The van der Waals surface area contributed by atoms with Crippen LogP contribution in [0.1, 0.15) is 18.9 Å². The molecular formula is C12H13BrClN3. The number of anilines is 1. The first-order valence-electron chi connectivity index (χ1n) is 5.41. The van der Waals surface area contributed by atoms with E-state index >= 15 is 0 Å². The third kappa shape index (κ3) is 2.54. The van der Waals surface area contributed by atoms with Crippen molar-refractivity contribution in [1.29, 1.82) is 0 Å². The Labute approximate surface area is 113 Å². The van der Waals surface area contributed by atoms with E-state index in [1.807, 2.05) is 12.1 Å². The van der Waals surface area contributed by atoms with Gasteiger partial charge in [-0.1, -0.05) is 40.9 Å². The molecule has 0 aliphatic rings. The lowest BCUT2D eigenvalue weighted by Crippen LogP contribution is -2.11. The molecule has 0 fully saturated rings. The van der Waals surface area contributed by atoms with Crippen LogP contribution in [0.2, 0.25) is 5.02 Å². The lowest BCUT2D eigenvalue weighted by Gasteiger charge is -2.10. The van der Waals surface area contributed by atoms with Crippen molar-refractivity contribution in [2.75, 3.05) is 5.43 Å². The molecular weight excluding hydrogens is 302 g/mol. The number of nitrogens with two attached hydrogens (primary N) is 1. The first-order valence-corrected chi connectivity index (χ1v) is 6.58. The van der Waals surface area contributed by atoms with Crippen LogP contribution >= 0.6 is 27.5 Å². The molecule has 90 valence electrons. The number of hydrazine groups is 1. The number of pyridine rings is 1. The highest BCUT2D eigenvalue weighted by Crippen LogP contribution is 2.29. The molecule has 2 aromatic rings. The smallest absolute Gasteiger partial charge is 0.143 e. The highest BCUT2D eigenvalue weighted by molar-refractivity contribution is 9.10. The number of benzene rings is 1. The Bertz CT molecular complexity index is 557. The molecule has 0 spiro atoms. The normalized spacial score (nSPS) is 10.8. The fourth-order valence-electron chi connectivity index (χ4n) is 1.84. The van der Waals surface area contributed by atoms with Gasteiger partial charge in [0.25, 0.3) is 0 Å². The number of halogens is 2. The molecule has 0 atom stereocenters. The fraction of sp³-hybridized carbons (Fsp3) is 0.250. The number of nitrogen functional groups attached to an aromatic ring is 1. The molecule has 3 nitrogen and oxygen atoms in total. The van der Waals surface area contributed by atoms with Crippen LogP contribution in [-0.4, -0.2) is 4.98 Å². The van der Waals surface area contributed by atoms with Crippen molar-refractivity contribution >= 4 is 44.3 Å². The Hall–Kier alpha value is -0.840. The van der Waals surface area contributed by atoms with Crippen molar-refractivity contribution in [3.63, 3.8) is 0 Å². The topological polar surface area (TPSA) is 50.9 Å². The minimum absolute atomic E-state index is 0.619. The summed E-state index contributed by atoms with van der Waals surface area (Å²) in [5, 5.41) is 1.64. The molecule has 5 heteroatoms. The van der Waals surface area contributed by atoms with Crippen molar-refractivity contribution in [2.24, 2.45) is 5.84 Å². The molecule has 0 unspecified atom stereocenters. The van der Waals surface area contributed by atoms with Crippen LogP contribution < -0.4 is 11.3 Å². The van der Waals surface area contributed by atoms with E-state index in [2.05, 4.69) is 39.3 Å². The number of fused-ring (bicyclic) bond motifs is 1. The van der Waals surface area contributed by atoms with Gasteiger partial charge < -0.3 is 5.43 Å². The number of hydrogen-bond acceptors (Lipinski definition) is 3. The fourth-order valence-corrected chi connectivity index (χ4v) is 2.71. The molecule has 3 N–H and O–H groups in total. The highest BCUT2D eigenvalue weighted by atomic mass is 79.9. The molecule has 0 amide bonds. The molecule has 1 aromatic heterocycles. The summed E-state index contributed by atoms with van der Waals surface area (Å²) >= 11 is 9.59. The summed E-state index contributed by atoms with van der Waals surface area (Å²) in [6.45, 7) is 2.12. The Morgan fingerprint density at radius 2 is 2.18 bits per heavy atom. The van der Waals surface area contributed by atoms with Gasteiger partial charge in [0.1, 0.15) is 5.82 Å². The van der Waals surface area contributed by atoms with E-state index in [9.17, 15) is 0 Å². The summed E-state index contributed by atoms with van der Waals surface area (Å²) in [6.07, 6.45) is 1.98. The van der Waals surface area contributed by atoms with Crippen LogP contribution in [-0.2, 0) is 6.42 Å². The minimum Gasteiger partial charge on any atom is -0.308 e. The van der Waals surface area contributed by atoms with Crippen LogP contribution in [0.25, 0.3) is 10.9 Å². The van der Waals surface area contributed by atoms with Gasteiger partial charge in [-0.3, -0.25) is 0 Å². The van der Waals surface area contributed by atoms with Gasteiger partial charge in [-0.2, -0.15) is 0 Å². The van der Waals surface area contributed by atoms with Gasteiger partial charge in [0.2, 0.25) is 0 Å². The summed E-state index contributed by atoms with van der Waals surface area (Å²) in [4.78, 5) is 4.46. The zero-order chi connectivity index (χ0) is 12.4. The maximum atomic E-state index is 6.16. The van der Waals surface area contributed by atoms with Gasteiger partial charge in [0.05, 0.1) is 10.5 Å². The Morgan fingerprint density at radius 3 is 2.82 bits per heavy atom. The van der Waals surface area contributed by atoms with E-state index < -0.39 is 0 Å². The second-order valence-corrected chi connectivity index (χ2v) is 5.17. The lowest BCUT2D eigenvalue weighted by molar-refractivity contribution is 0.917. The molecule has 0 bridgehead atoms. The third-order valence-electron chi connectivity index (χ3n) is 2.57. The SMILES string of the molecule is CCCc1cc2cc(Br)cc(Cl)c2nc1NN. The Balaban J connectivity index is 2.69. The van der Waals surface area contributed by atoms with Crippen LogP contribution in [0, 0.1) is 0 Å². The molecule has 0 saturated carbocycles. The maximum Gasteiger partial charge on any atom is 0.143 e. The van der Waals surface area contributed by atoms with Crippen molar-refractivity contribution in [1.82, 2.24) is 4.98 Å². The Morgan fingerprint density at radius 1 is 1.41 bits per heavy atom. The molecule has 0 radical (unpaired) electrons. The second-order valence-electron chi connectivity index (χ2n) is 3.85. The van der Waals surface area contributed by atoms with Crippen LogP contribution in [0.4, 0.5) is 5.82 Å². The number of hydrogen-bond donors (Lipinski definition) is 2. The zero-order valence-corrected chi connectivity index (χ0v) is 11.8. The van der Waals surface area contributed by atoms with Gasteiger partial charge in [-0.25, -0.2) is 10.8 Å². The van der Waals surface area contributed by atoms with Gasteiger partial charge in [0.15, 0.2) is 0 Å². The third-order valence-corrected chi connectivity index (χ3v) is 3.32. The van der Waals surface area contributed by atoms with E-state index in [-0.39, 0.29) is 0 Å². The summed E-state index contributed by atoms with van der Waals surface area (Å²) in [5.41, 5.74) is 4.51. The summed E-state index contributed by atoms with van der Waals surface area (Å²) in [7, 11) is 0. The largest absolute Gasteiger partial charge is 0.308 e. The number of aryl methyl sites for hydroxylation is 1. The van der Waals surface area contributed by atoms with Gasteiger partial charge in [0, 0.05) is 9.86 Å². The summed E-state index contributed by atoms with van der Waals surface area (Å²) in [5.74, 6) is 6.18. The van der Waals surface area contributed by atoms with Crippen LogP contribution in [0.5, 0.6) is 0 Å². The maximum absolute atomic E-state index is 6.16. The number of aromatic nitrogens is 1. The predicted octanol–water partition coefficient (Wildman–Crippen LogP) is 3.89. The highest BCUT2D eigenvalue weighted by Gasteiger charge is 2.08. The summed E-state index contributed by atoms with van der Waals surface area (Å²) in [6, 6.07) is 5.92. The van der Waals surface area contributed by atoms with Crippen LogP contribution in [0.3, 0.4) is 0 Å². The first-order chi connectivity index (χ1) is 8.15. The standard InChI is InChI=1S/C12H13BrClN3/c1-2-3-7-4-8-5-9(13)6-10(14)11(8)16-12(7)17-15/h4-6H,2-3,15H2,1H3,(H,16,17). The van der Waals surface area contributed by atoms with Crippen molar-refractivity contribution in [2.45, 2.75) is 19.8 Å². The molecule has 2 rings (SSSR count). The van der Waals surface area contributed by atoms with E-state index in [0.29, 0.717) is 10.8 Å². The van der Waals surface area contributed by atoms with E-state index in [1.165, 1.54) is 0 Å². The molecule has 1 heterocycles. The predicted molar refractivity (Wildman–Crippen MR) is 76.3 cm³/mol. The first kappa shape index (κ1) is 12.6. The van der Waals surface area contributed by atoms with E-state index in [4.69, 9.17) is 17.4 Å². The molecule has 0 saturated heterocycles. The van der Waals surface area contributed by atoms with Crippen molar-refractivity contribution in [3.05, 3.63) is 33.3 Å². The summed E-state index contributed by atoms with van der Waals surface area (Å²) < 4.78 is 0.952. The van der Waals surface area contributed by atoms with E-state index in [1.54, 1.807) is 0 Å². The average molecular weight is 315 g/mol. The molecule has 0 aliphatic carbocycles. The van der Waals surface area contributed by atoms with E-state index in [0.717, 1.165) is 33.8 Å². The number of nitrogens with one attached hydrogen (secondary N) is 1. The van der Waals surface area contributed by atoms with Gasteiger partial charge in [-0.15, -0.1) is 0 Å². The van der Waals surface area contributed by atoms with Gasteiger partial charge in [-0.05, 0) is 30.2 Å². The Kier molecular flexibility index (Phi) is 3.86. The average Bonchev–Trinajstić information content (AvgIpc) is 2.28. The van der Waals surface area contributed by atoms with Crippen molar-refractivity contribution in [3.8, 4) is 0 Å². The number of nitrogens with zero attached hydrogens (tertiary/aromatic N) is 1.